The predicted octanol–water partition coefficient (Wildman–Crippen LogP) is 21.4. The summed E-state index contributed by atoms with van der Waals surface area (Å²) >= 11 is 0. The highest BCUT2D eigenvalue weighted by atomic mass is 16.3. The second kappa shape index (κ2) is 21.4. The third kappa shape index (κ3) is 8.80. The first kappa shape index (κ1) is 53.0. The zero-order valence-corrected chi connectivity index (χ0v) is 50.3. The maximum absolute atomic E-state index is 6.67. The fourth-order valence-electron chi connectivity index (χ4n) is 13.7. The molecule has 0 aliphatic carbocycles. The number of hydrogen-bond acceptors (Lipinski definition) is 8. The van der Waals surface area contributed by atoms with Crippen LogP contribution >= 0.6 is 0 Å². The van der Waals surface area contributed by atoms with E-state index in [-0.39, 0.29) is 0 Å². The highest BCUT2D eigenvalue weighted by Gasteiger charge is 2.23. The van der Waals surface area contributed by atoms with Crippen molar-refractivity contribution in [2.45, 2.75) is 0 Å². The number of hydrogen-bond donors (Lipinski definition) is 0. The van der Waals surface area contributed by atoms with Crippen LogP contribution in [-0.2, 0) is 0 Å². The van der Waals surface area contributed by atoms with E-state index in [9.17, 15) is 0 Å². The Labute approximate surface area is 537 Å². The normalized spacial score (nSPS) is 11.8. The molecule has 10 nitrogen and oxygen atoms in total. The molecule has 0 aliphatic rings. The van der Waals surface area contributed by atoms with Crippen LogP contribution in [0.15, 0.2) is 312 Å². The van der Waals surface area contributed by atoms with Gasteiger partial charge < -0.3 is 13.4 Å². The van der Waals surface area contributed by atoms with Gasteiger partial charge in [0.1, 0.15) is 22.3 Å². The molecule has 0 spiro atoms. The second-order valence-electron chi connectivity index (χ2n) is 23.8. The van der Waals surface area contributed by atoms with Gasteiger partial charge >= 0.3 is 0 Å². The van der Waals surface area contributed by atoms with Crippen molar-refractivity contribution in [1.29, 1.82) is 0 Å². The van der Waals surface area contributed by atoms with Crippen molar-refractivity contribution in [3.8, 4) is 102 Å². The number of nitrogens with zero attached hydrogens (tertiary/aromatic N) is 8. The van der Waals surface area contributed by atoms with Gasteiger partial charge in [0.2, 0.25) is 5.95 Å². The van der Waals surface area contributed by atoms with E-state index in [1.807, 2.05) is 103 Å². The average molecular weight is 1200 g/mol. The minimum absolute atomic E-state index is 0.537. The molecule has 13 aromatic carbocycles. The summed E-state index contributed by atoms with van der Waals surface area (Å²) in [5.41, 5.74) is 19.5. The third-order valence-corrected chi connectivity index (χ3v) is 18.3. The molecule has 0 atom stereocenters. The van der Waals surface area contributed by atoms with Gasteiger partial charge in [-0.3, -0.25) is 4.57 Å². The summed E-state index contributed by atoms with van der Waals surface area (Å²) in [5.74, 6) is 3.53. The van der Waals surface area contributed by atoms with E-state index in [0.717, 1.165) is 154 Å². The van der Waals surface area contributed by atoms with Crippen molar-refractivity contribution in [2.24, 2.45) is 0 Å². The fraction of sp³-hybridized carbons (Fsp3) is 0. The number of para-hydroxylation sites is 4. The zero-order valence-electron chi connectivity index (χ0n) is 50.3. The molecule has 6 heterocycles. The van der Waals surface area contributed by atoms with Gasteiger partial charge in [-0.15, -0.1) is 0 Å². The van der Waals surface area contributed by atoms with Crippen LogP contribution in [0.1, 0.15) is 0 Å². The van der Waals surface area contributed by atoms with Crippen molar-refractivity contribution in [3.63, 3.8) is 0 Å². The van der Waals surface area contributed by atoms with E-state index in [1.165, 1.54) is 0 Å². The molecule has 0 fully saturated rings. The van der Waals surface area contributed by atoms with Gasteiger partial charge in [0.05, 0.1) is 27.8 Å². The zero-order chi connectivity index (χ0) is 61.8. The van der Waals surface area contributed by atoms with Crippen molar-refractivity contribution < 1.29 is 8.83 Å². The predicted molar refractivity (Wildman–Crippen MR) is 380 cm³/mol. The molecule has 0 amide bonds. The summed E-state index contributed by atoms with van der Waals surface area (Å²) in [4.78, 5) is 31.0. The fourth-order valence-corrected chi connectivity index (χ4v) is 13.7. The van der Waals surface area contributed by atoms with Crippen LogP contribution in [-0.4, -0.2) is 39.0 Å². The molecule has 94 heavy (non-hydrogen) atoms. The molecule has 0 radical (unpaired) electrons. The minimum atomic E-state index is 0.537. The van der Waals surface area contributed by atoms with E-state index >= 15 is 0 Å². The monoisotopic (exact) mass is 1200 g/mol. The maximum Gasteiger partial charge on any atom is 0.238 e. The first-order chi connectivity index (χ1) is 46.5. The Bertz CT molecular complexity index is 6170. The summed E-state index contributed by atoms with van der Waals surface area (Å²) < 4.78 is 17.5. The highest BCUT2D eigenvalue weighted by molar-refractivity contribution is 6.13. The Morgan fingerprint density at radius 1 is 0.202 bits per heavy atom. The Morgan fingerprint density at radius 2 is 0.564 bits per heavy atom. The molecular weight excluding hydrogens is 1150 g/mol. The molecule has 0 aliphatic heterocycles. The summed E-state index contributed by atoms with van der Waals surface area (Å²) in [5, 5.41) is 8.79. The Kier molecular flexibility index (Phi) is 12.0. The molecule has 6 aromatic heterocycles. The van der Waals surface area contributed by atoms with Crippen molar-refractivity contribution >= 4 is 87.5 Å². The standard InChI is InChI=1S/C84H50N8O2/c1-4-18-52(19-5-1)79-85-80(53-20-6-2-7-21-53)88-83(87-79)66-27-12-16-30-72(66)91-70-28-14-10-24-61(70)67-46-57(38-43-73(67)91)60-37-42-65-69-48-56(40-45-76(69)94-78(65)50-60)51-32-34-55(35-33-51)82-86-81(54-22-8-3-9-23-54)89-84(90-82)92-71-29-15-11-25-62(71)68-47-58(39-44-74(68)92)59-36-41-64-63-26-13-17-31-75(63)93-77(64)49-59/h1-50H. The number of aromatic nitrogens is 8. The van der Waals surface area contributed by atoms with Crippen LogP contribution in [0.25, 0.3) is 189 Å². The van der Waals surface area contributed by atoms with Gasteiger partial charge in [-0.25, -0.2) is 19.9 Å². The summed E-state index contributed by atoms with van der Waals surface area (Å²) in [7, 11) is 0. The third-order valence-electron chi connectivity index (χ3n) is 18.3. The first-order valence-corrected chi connectivity index (χ1v) is 31.4. The number of furan rings is 2. The van der Waals surface area contributed by atoms with Gasteiger partial charge in [0.15, 0.2) is 29.1 Å². The van der Waals surface area contributed by atoms with E-state index in [1.54, 1.807) is 0 Å². The Balaban J connectivity index is 0.649. The minimum Gasteiger partial charge on any atom is -0.456 e. The molecule has 0 N–H and O–H groups in total. The van der Waals surface area contributed by atoms with Gasteiger partial charge in [-0.05, 0) is 124 Å². The van der Waals surface area contributed by atoms with Crippen LogP contribution in [0, 0.1) is 0 Å². The second-order valence-corrected chi connectivity index (χ2v) is 23.8. The molecule has 438 valence electrons. The summed E-state index contributed by atoms with van der Waals surface area (Å²) in [6, 6.07) is 105. The van der Waals surface area contributed by atoms with Gasteiger partial charge in [0, 0.05) is 70.9 Å². The lowest BCUT2D eigenvalue weighted by molar-refractivity contribution is 0.668. The maximum atomic E-state index is 6.67. The summed E-state index contributed by atoms with van der Waals surface area (Å²) in [6.45, 7) is 0. The lowest BCUT2D eigenvalue weighted by Crippen LogP contribution is -2.06. The highest BCUT2D eigenvalue weighted by Crippen LogP contribution is 2.42. The van der Waals surface area contributed by atoms with Crippen LogP contribution in [0.3, 0.4) is 0 Å². The molecule has 0 saturated carbocycles. The van der Waals surface area contributed by atoms with E-state index in [2.05, 4.69) is 209 Å². The lowest BCUT2D eigenvalue weighted by atomic mass is 9.99. The number of fused-ring (bicyclic) bond motifs is 12. The smallest absolute Gasteiger partial charge is 0.238 e. The molecule has 0 bridgehead atoms. The molecule has 0 unspecified atom stereocenters. The molecule has 19 aromatic rings. The largest absolute Gasteiger partial charge is 0.456 e. The van der Waals surface area contributed by atoms with Crippen molar-refractivity contribution in [2.75, 3.05) is 0 Å². The Hall–Kier alpha value is -12.9. The quantitative estimate of drug-likeness (QED) is 0.133. The van der Waals surface area contributed by atoms with Gasteiger partial charge in [-0.2, -0.15) is 9.97 Å². The van der Waals surface area contributed by atoms with Gasteiger partial charge in [0.25, 0.3) is 0 Å². The first-order valence-electron chi connectivity index (χ1n) is 31.4. The summed E-state index contributed by atoms with van der Waals surface area (Å²) in [6.07, 6.45) is 0. The van der Waals surface area contributed by atoms with Gasteiger partial charge in [-0.1, -0.05) is 212 Å². The van der Waals surface area contributed by atoms with Crippen molar-refractivity contribution in [1.82, 2.24) is 39.0 Å². The molecule has 0 saturated heterocycles. The van der Waals surface area contributed by atoms with Crippen LogP contribution in [0.4, 0.5) is 0 Å². The Morgan fingerprint density at radius 3 is 1.16 bits per heavy atom. The van der Waals surface area contributed by atoms with Crippen LogP contribution in [0.5, 0.6) is 0 Å². The molecule has 10 heteroatoms. The molecular formula is C84H50N8O2. The van der Waals surface area contributed by atoms with Crippen LogP contribution in [0.2, 0.25) is 0 Å². The molecule has 19 rings (SSSR count). The number of benzene rings is 13. The average Bonchev–Trinajstić information content (AvgIpc) is 1.58. The number of rotatable bonds is 10. The topological polar surface area (TPSA) is 113 Å². The van der Waals surface area contributed by atoms with Crippen molar-refractivity contribution in [3.05, 3.63) is 303 Å². The van der Waals surface area contributed by atoms with E-state index in [4.69, 9.17) is 38.7 Å². The SMILES string of the molecule is c1ccc(-c2nc(-c3ccccc3)nc(-c3ccccc3-n3c4ccccc4c4cc(-c5ccc6c(c5)oc5ccc(-c7ccc(-c8nc(-c9ccccc9)nc(-n9c%10ccccc%10c%10cc(-c%11ccc%12c(c%11)oc%11ccccc%11%12)ccc%109)n8)cc7)cc56)ccc43)n2)cc1. The van der Waals surface area contributed by atoms with E-state index < -0.39 is 0 Å². The van der Waals surface area contributed by atoms with E-state index in [0.29, 0.717) is 35.1 Å². The lowest BCUT2D eigenvalue weighted by Gasteiger charge is -2.14. The van der Waals surface area contributed by atoms with Crippen LogP contribution < -0.4 is 0 Å².